The summed E-state index contributed by atoms with van der Waals surface area (Å²) in [5.41, 5.74) is 6.61. The van der Waals surface area contributed by atoms with Gasteiger partial charge in [0.15, 0.2) is 0 Å². The monoisotopic (exact) mass is 635 g/mol. The van der Waals surface area contributed by atoms with Crippen molar-refractivity contribution in [1.29, 1.82) is 0 Å². The van der Waals surface area contributed by atoms with Gasteiger partial charge in [0.2, 0.25) is 0 Å². The molecular weight excluding hydrogens is 611 g/mol. The minimum Gasteiger partial charge on any atom is -1.00 e. The third kappa shape index (κ3) is 5.09. The van der Waals surface area contributed by atoms with Crippen LogP contribution in [0.3, 0.4) is 0 Å². The Balaban J connectivity index is 0.00000154. The molecule has 2 aliphatic rings. The first-order chi connectivity index (χ1) is 18.3. The van der Waals surface area contributed by atoms with Crippen molar-refractivity contribution in [3.8, 4) is 0 Å². The Kier molecular flexibility index (Phi) is 8.60. The van der Waals surface area contributed by atoms with Crippen molar-refractivity contribution >= 4 is 38.7 Å². The summed E-state index contributed by atoms with van der Waals surface area (Å²) in [5.74, 6) is 0.874. The van der Waals surface area contributed by atoms with E-state index in [1.54, 1.807) is 13.7 Å². The topological polar surface area (TPSA) is 0 Å². The van der Waals surface area contributed by atoms with E-state index >= 15 is 0 Å². The molecule has 0 radical (unpaired) electrons. The van der Waals surface area contributed by atoms with Gasteiger partial charge in [0, 0.05) is 0 Å². The third-order valence-electron chi connectivity index (χ3n) is 7.91. The average molecular weight is 638 g/mol. The third-order valence-corrected chi connectivity index (χ3v) is 19.6. The van der Waals surface area contributed by atoms with Crippen molar-refractivity contribution in [1.82, 2.24) is 0 Å². The maximum Gasteiger partial charge on any atom is -1.00 e. The van der Waals surface area contributed by atoms with Crippen LogP contribution >= 0.6 is 0 Å². The van der Waals surface area contributed by atoms with Gasteiger partial charge < -0.3 is 24.8 Å². The van der Waals surface area contributed by atoms with Gasteiger partial charge in [-0.1, -0.05) is 0 Å². The first-order valence-corrected chi connectivity index (χ1v) is 19.4. The maximum atomic E-state index is 2.59. The van der Waals surface area contributed by atoms with Crippen LogP contribution < -0.4 is 35.2 Å². The molecule has 4 heteroatoms. The first-order valence-electron chi connectivity index (χ1n) is 13.0. The molecule has 0 fully saturated rings. The van der Waals surface area contributed by atoms with Crippen LogP contribution in [-0.2, 0) is 21.9 Å². The van der Waals surface area contributed by atoms with Gasteiger partial charge in [-0.25, -0.2) is 0 Å². The molecule has 39 heavy (non-hydrogen) atoms. The van der Waals surface area contributed by atoms with Gasteiger partial charge in [-0.2, -0.15) is 0 Å². The van der Waals surface area contributed by atoms with Gasteiger partial charge in [0.05, 0.1) is 0 Å². The summed E-state index contributed by atoms with van der Waals surface area (Å²) in [4.78, 5) is 0. The molecule has 0 heterocycles. The largest absolute Gasteiger partial charge is 1.00 e. The van der Waals surface area contributed by atoms with Crippen LogP contribution in [0.4, 0.5) is 0 Å². The number of allylic oxidation sites excluding steroid dienone is 2. The Morgan fingerprint density at radius 1 is 0.564 bits per heavy atom. The normalized spacial score (nSPS) is 16.6. The second-order valence-corrected chi connectivity index (χ2v) is 19.2. The van der Waals surface area contributed by atoms with E-state index in [2.05, 4.69) is 140 Å². The summed E-state index contributed by atoms with van der Waals surface area (Å²) in [6, 6.07) is 45.5. The fourth-order valence-corrected chi connectivity index (χ4v) is 18.0. The summed E-state index contributed by atoms with van der Waals surface area (Å²) < 4.78 is 1.75. The predicted molar refractivity (Wildman–Crippen MR) is 155 cm³/mol. The van der Waals surface area contributed by atoms with E-state index in [9.17, 15) is 0 Å². The molecule has 0 spiro atoms. The van der Waals surface area contributed by atoms with Gasteiger partial charge in [-0.05, 0) is 0 Å². The molecule has 0 N–H and O–H groups in total. The van der Waals surface area contributed by atoms with Crippen molar-refractivity contribution in [3.63, 3.8) is 0 Å². The minimum absolute atomic E-state index is 0. The van der Waals surface area contributed by atoms with E-state index in [1.807, 2.05) is 0 Å². The SMILES string of the molecule is CC1=Cc2c(ccc3ccccc23)C1C1[C]([Zr+2]=[Si](c2ccccc2)c2ccccc2)=Cc2ccccc21.[Cl-].[Cl-]. The summed E-state index contributed by atoms with van der Waals surface area (Å²) in [5, 5.41) is 5.85. The fraction of sp³-hybridized carbons (Fsp3) is 0.0857. The molecule has 2 atom stereocenters. The Morgan fingerprint density at radius 3 is 1.90 bits per heavy atom. The van der Waals surface area contributed by atoms with Gasteiger partial charge >= 0.3 is 232 Å². The van der Waals surface area contributed by atoms with Gasteiger partial charge in [-0.15, -0.1) is 0 Å². The minimum atomic E-state index is -0.945. The van der Waals surface area contributed by atoms with Gasteiger partial charge in [-0.3, -0.25) is 0 Å². The standard InChI is InChI=1S/C23H17.C12H10Si.2ClH.Zr/c1-15-14-22-19-9-5-3-7-17(19)11-13-21(22)23(15)20-12-10-16-6-2-4-8-18(16)20;1-3-7-11(8-4-1)13-12-9-5-2-6-10-12;;;/h2-11,13-14,20,23H,1H3;1-10H;2*1H;/q;;;;+2/p-2. The smallest absolute Gasteiger partial charge is 1.00 e. The van der Waals surface area contributed by atoms with Gasteiger partial charge in [0.1, 0.15) is 0 Å². The first kappa shape index (κ1) is 28.1. The number of hydrogen-bond donors (Lipinski definition) is 0. The molecule has 189 valence electrons. The Morgan fingerprint density at radius 2 is 1.18 bits per heavy atom. The maximum absolute atomic E-state index is 2.59. The van der Waals surface area contributed by atoms with Crippen molar-refractivity contribution in [2.24, 2.45) is 0 Å². The molecule has 5 aromatic carbocycles. The second kappa shape index (κ2) is 11.9. The molecule has 0 saturated heterocycles. The van der Waals surface area contributed by atoms with E-state index in [0.29, 0.717) is 11.8 Å². The fourth-order valence-electron chi connectivity index (χ4n) is 6.24. The Labute approximate surface area is 254 Å². The molecule has 2 aliphatic carbocycles. The van der Waals surface area contributed by atoms with Crippen LogP contribution in [0.2, 0.25) is 0 Å². The quantitative estimate of drug-likeness (QED) is 0.262. The Bertz CT molecular complexity index is 1700. The Hall–Kier alpha value is -2.48. The molecule has 0 aliphatic heterocycles. The van der Waals surface area contributed by atoms with E-state index in [4.69, 9.17) is 0 Å². The molecule has 5 aromatic rings. The van der Waals surface area contributed by atoms with E-state index in [-0.39, 0.29) is 24.8 Å². The molecule has 0 amide bonds. The number of rotatable bonds is 4. The van der Waals surface area contributed by atoms with Crippen molar-refractivity contribution in [3.05, 3.63) is 152 Å². The summed E-state index contributed by atoms with van der Waals surface area (Å²) in [6.45, 7) is 2.36. The van der Waals surface area contributed by atoms with Crippen LogP contribution in [0, 0.1) is 0 Å². The number of halogens is 2. The number of benzene rings is 5. The molecule has 2 unspecified atom stereocenters. The van der Waals surface area contributed by atoms with Crippen LogP contribution in [0.25, 0.3) is 22.9 Å². The van der Waals surface area contributed by atoms with Gasteiger partial charge in [0.25, 0.3) is 0 Å². The summed E-state index contributed by atoms with van der Waals surface area (Å²) in [7, 11) is 0. The van der Waals surface area contributed by atoms with Crippen molar-refractivity contribution < 1.29 is 46.7 Å². The average Bonchev–Trinajstić information content (AvgIpc) is 3.48. The van der Waals surface area contributed by atoms with Crippen LogP contribution in [-0.4, -0.2) is 5.43 Å². The number of fused-ring (bicyclic) bond motifs is 4. The van der Waals surface area contributed by atoms with E-state index in [0.717, 1.165) is 0 Å². The van der Waals surface area contributed by atoms with Crippen LogP contribution in [0.1, 0.15) is 41.0 Å². The molecule has 0 bridgehead atoms. The summed E-state index contributed by atoms with van der Waals surface area (Å²) in [6.07, 6.45) is 5.07. The summed E-state index contributed by atoms with van der Waals surface area (Å²) >= 11 is -0.945. The zero-order valence-corrected chi connectivity index (χ0v) is 26.6. The zero-order valence-electron chi connectivity index (χ0n) is 21.6. The molecule has 0 nitrogen and oxygen atoms in total. The van der Waals surface area contributed by atoms with Crippen molar-refractivity contribution in [2.45, 2.75) is 18.8 Å². The van der Waals surface area contributed by atoms with Crippen molar-refractivity contribution in [2.75, 3.05) is 0 Å². The molecule has 0 aromatic heterocycles. The molecule has 7 rings (SSSR count). The van der Waals surface area contributed by atoms with Crippen LogP contribution in [0.15, 0.2) is 130 Å². The van der Waals surface area contributed by atoms with E-state index in [1.165, 1.54) is 38.6 Å². The van der Waals surface area contributed by atoms with E-state index < -0.39 is 27.3 Å². The zero-order chi connectivity index (χ0) is 24.8. The van der Waals surface area contributed by atoms with Crippen LogP contribution in [0.5, 0.6) is 0 Å². The molecular formula is C35H27Cl2SiZr. The predicted octanol–water partition coefficient (Wildman–Crippen LogP) is 1.38. The second-order valence-electron chi connectivity index (χ2n) is 10.1. The number of hydrogen-bond acceptors (Lipinski definition) is 0. The molecule has 0 saturated carbocycles.